The molecule has 0 bridgehead atoms. The molecule has 0 fully saturated rings. The van der Waals surface area contributed by atoms with Crippen molar-refractivity contribution in [3.8, 4) is 34.5 Å². The van der Waals surface area contributed by atoms with Crippen LogP contribution in [0.4, 0.5) is 0 Å². The molecular weight excluding hydrogens is 824 g/mol. The smallest absolute Gasteiger partial charge is 0.300 e. The maximum atomic E-state index is 13.4. The summed E-state index contributed by atoms with van der Waals surface area (Å²) in [6, 6.07) is 4.77. The van der Waals surface area contributed by atoms with E-state index in [1.807, 2.05) is 0 Å². The second-order valence-electron chi connectivity index (χ2n) is 13.3. The highest BCUT2D eigenvalue weighted by atomic mass is 16.4. The molecule has 12 N–H and O–H groups in total. The van der Waals surface area contributed by atoms with E-state index in [4.69, 9.17) is 59.4 Å². The summed E-state index contributed by atoms with van der Waals surface area (Å²) in [5.74, 6) is -7.75. The predicted molar refractivity (Wildman–Crippen MR) is 226 cm³/mol. The predicted octanol–water partition coefficient (Wildman–Crippen LogP) is 5.63. The topological polar surface area (TPSA) is 379 Å². The van der Waals surface area contributed by atoms with E-state index in [2.05, 4.69) is 0 Å². The monoisotopic (exact) mass is 864 g/mol. The largest absolute Gasteiger partial charge is 0.507 e. The number of carboxylic acid groups (broad SMARTS) is 6. The van der Waals surface area contributed by atoms with Gasteiger partial charge < -0.3 is 61.3 Å². The molecule has 0 aliphatic carbocycles. The van der Waals surface area contributed by atoms with Gasteiger partial charge in [-0.3, -0.25) is 38.4 Å². The molecule has 8 aromatic rings. The molecule has 0 aliphatic heterocycles. The van der Waals surface area contributed by atoms with Gasteiger partial charge in [0.05, 0.1) is 21.5 Å². The van der Waals surface area contributed by atoms with Crippen LogP contribution in [-0.2, 0) is 28.8 Å². The molecular formula is C42H40O20. The zero-order valence-corrected chi connectivity index (χ0v) is 33.9. The molecule has 0 aromatic heterocycles. The zero-order valence-electron chi connectivity index (χ0n) is 33.9. The van der Waals surface area contributed by atoms with Crippen LogP contribution in [0.2, 0.25) is 0 Å². The van der Waals surface area contributed by atoms with Crippen LogP contribution < -0.4 is 10.9 Å². The lowest BCUT2D eigenvalue weighted by Crippen LogP contribution is -2.08. The van der Waals surface area contributed by atoms with E-state index in [0.717, 1.165) is 53.7 Å². The molecule has 0 unspecified atom stereocenters. The Bertz CT molecular complexity index is 2870. The number of hydrogen-bond acceptors (Lipinski definition) is 14. The van der Waals surface area contributed by atoms with Crippen LogP contribution in [0.1, 0.15) is 52.7 Å². The van der Waals surface area contributed by atoms with Gasteiger partial charge in [0.2, 0.25) is 0 Å². The fourth-order valence-corrected chi connectivity index (χ4v) is 6.98. The van der Waals surface area contributed by atoms with E-state index < -0.39 is 81.2 Å². The molecule has 328 valence electrons. The molecule has 0 saturated heterocycles. The first-order valence-electron chi connectivity index (χ1n) is 17.4. The highest BCUT2D eigenvalue weighted by molar-refractivity contribution is 6.51. The van der Waals surface area contributed by atoms with Crippen LogP contribution in [0.25, 0.3) is 75.4 Å². The van der Waals surface area contributed by atoms with Crippen molar-refractivity contribution in [2.24, 2.45) is 0 Å². The molecule has 0 heterocycles. The number of phenols is 6. The van der Waals surface area contributed by atoms with Crippen molar-refractivity contribution in [2.75, 3.05) is 0 Å². The van der Waals surface area contributed by atoms with Crippen molar-refractivity contribution in [3.63, 3.8) is 0 Å². The Hall–Kier alpha value is -8.42. The van der Waals surface area contributed by atoms with Crippen molar-refractivity contribution in [1.29, 1.82) is 0 Å². The Balaban J connectivity index is 0.000000459. The van der Waals surface area contributed by atoms with Crippen LogP contribution in [0.3, 0.4) is 0 Å². The van der Waals surface area contributed by atoms with Crippen LogP contribution in [0.15, 0.2) is 33.9 Å². The number of aliphatic carboxylic acids is 6. The lowest BCUT2D eigenvalue weighted by atomic mass is 9.78. The minimum Gasteiger partial charge on any atom is -0.507 e. The second-order valence-corrected chi connectivity index (χ2v) is 13.3. The Labute approximate surface area is 346 Å². The first kappa shape index (κ1) is 49.7. The number of aromatic hydroxyl groups is 6. The van der Waals surface area contributed by atoms with Crippen molar-refractivity contribution in [1.82, 2.24) is 0 Å². The summed E-state index contributed by atoms with van der Waals surface area (Å²) < 4.78 is 0. The molecule has 0 radical (unpaired) electrons. The van der Waals surface area contributed by atoms with E-state index in [1.54, 1.807) is 13.8 Å². The number of aryl methyl sites for hydroxylation is 2. The molecule has 20 heteroatoms. The molecule has 0 saturated carbocycles. The van der Waals surface area contributed by atoms with Gasteiger partial charge in [0.15, 0.2) is 10.9 Å². The lowest BCUT2D eigenvalue weighted by Gasteiger charge is -2.25. The third-order valence-corrected chi connectivity index (χ3v) is 8.25. The summed E-state index contributed by atoms with van der Waals surface area (Å²) in [6.07, 6.45) is 0. The third kappa shape index (κ3) is 9.88. The Morgan fingerprint density at radius 1 is 0.306 bits per heavy atom. The summed E-state index contributed by atoms with van der Waals surface area (Å²) >= 11 is 0. The zero-order chi connectivity index (χ0) is 48.1. The van der Waals surface area contributed by atoms with Crippen LogP contribution in [0.5, 0.6) is 34.5 Å². The Morgan fingerprint density at radius 2 is 0.484 bits per heavy atom. The van der Waals surface area contributed by atoms with Gasteiger partial charge in [-0.05, 0) is 47.9 Å². The maximum Gasteiger partial charge on any atom is 0.300 e. The first-order chi connectivity index (χ1) is 28.4. The summed E-state index contributed by atoms with van der Waals surface area (Å²) in [7, 11) is 0. The number of hydrogen-bond donors (Lipinski definition) is 12. The van der Waals surface area contributed by atoms with Crippen molar-refractivity contribution < 1.29 is 90.0 Å². The quantitative estimate of drug-likeness (QED) is 0.0649. The van der Waals surface area contributed by atoms with E-state index >= 15 is 0 Å². The average molecular weight is 865 g/mol. The van der Waals surface area contributed by atoms with Gasteiger partial charge in [0, 0.05) is 96.8 Å². The summed E-state index contributed by atoms with van der Waals surface area (Å²) in [5.41, 5.74) is 0.175. The van der Waals surface area contributed by atoms with E-state index in [0.29, 0.717) is 43.4 Å². The second kappa shape index (κ2) is 19.1. The SMILES string of the molecule is CC(=O)O.CC(=O)O.CC(=O)O.CC(=O)O.CC(=O)O.CC(=O)O.Cc1cc(=O)c2c(O)c3c(O)cc(O)c4c5c(O)cc(O)c6c(O)c7c(=O)cc(C)c8c1c2c(c34)c(c65)c78. The maximum absolute atomic E-state index is 13.4. The van der Waals surface area contributed by atoms with Gasteiger partial charge in [-0.2, -0.15) is 0 Å². The van der Waals surface area contributed by atoms with Crippen molar-refractivity contribution in [3.05, 3.63) is 55.8 Å². The van der Waals surface area contributed by atoms with Crippen LogP contribution in [0, 0.1) is 13.8 Å². The highest BCUT2D eigenvalue weighted by Crippen LogP contribution is 2.60. The van der Waals surface area contributed by atoms with Gasteiger partial charge >= 0.3 is 0 Å². The minimum atomic E-state index is -0.833. The summed E-state index contributed by atoms with van der Waals surface area (Å²) in [5, 5.41) is 114. The average Bonchev–Trinajstić information content (AvgIpc) is 3.06. The number of rotatable bonds is 0. The first-order valence-corrected chi connectivity index (χ1v) is 17.4. The van der Waals surface area contributed by atoms with E-state index in [1.165, 1.54) is 12.1 Å². The van der Waals surface area contributed by atoms with Crippen LogP contribution >= 0.6 is 0 Å². The van der Waals surface area contributed by atoms with Crippen LogP contribution in [-0.4, -0.2) is 97.1 Å². The fourth-order valence-electron chi connectivity index (χ4n) is 6.98. The molecule has 0 atom stereocenters. The third-order valence-electron chi connectivity index (χ3n) is 8.25. The molecule has 8 rings (SSSR count). The number of carbonyl (C=O) groups is 6. The number of fused-ring (bicyclic) bond motifs is 2. The number of benzene rings is 8. The van der Waals surface area contributed by atoms with Crippen molar-refractivity contribution in [2.45, 2.75) is 55.4 Å². The van der Waals surface area contributed by atoms with Gasteiger partial charge in [-0.15, -0.1) is 0 Å². The summed E-state index contributed by atoms with van der Waals surface area (Å²) in [4.78, 5) is 80.7. The fraction of sp³-hybridized carbons (Fsp3) is 0.190. The number of phenolic OH excluding ortho intramolecular Hbond substituents is 6. The lowest BCUT2D eigenvalue weighted by molar-refractivity contribution is -0.135. The van der Waals surface area contributed by atoms with E-state index in [9.17, 15) is 40.2 Å². The molecule has 20 nitrogen and oxygen atoms in total. The molecule has 62 heavy (non-hydrogen) atoms. The van der Waals surface area contributed by atoms with E-state index in [-0.39, 0.29) is 43.1 Å². The van der Waals surface area contributed by atoms with Crippen molar-refractivity contribution >= 4 is 111 Å². The van der Waals surface area contributed by atoms with Gasteiger partial charge in [-0.25, -0.2) is 0 Å². The van der Waals surface area contributed by atoms with Gasteiger partial charge in [-0.1, -0.05) is 0 Å². The molecule has 0 amide bonds. The minimum absolute atomic E-state index is 0.0431. The highest BCUT2D eigenvalue weighted by Gasteiger charge is 2.33. The Kier molecular flexibility index (Phi) is 15.3. The molecule has 0 spiro atoms. The molecule has 8 aromatic carbocycles. The van der Waals surface area contributed by atoms with Gasteiger partial charge in [0.1, 0.15) is 34.5 Å². The normalized spacial score (nSPS) is 10.3. The molecule has 0 aliphatic rings. The van der Waals surface area contributed by atoms with Gasteiger partial charge in [0.25, 0.3) is 35.8 Å². The summed E-state index contributed by atoms with van der Waals surface area (Å²) in [6.45, 7) is 9.97. The number of carboxylic acids is 6. The standard InChI is InChI=1S/C30H16O8.6C2H4O2/c1-7-3-9(31)19-23-15(7)16-8(2)4-10(32)20-24(16)28-26-18(12(34)6-14(36)22(26)30(20)38)17-11(33)5-13(35)21(29(19)37)25(17)27(23)28;6*1-2(3)4/h3-6,33-38H,1-2H3;6*1H3,(H,3,4). The Morgan fingerprint density at radius 3 is 0.710 bits per heavy atom.